The number of piperidine rings is 1. The van der Waals surface area contributed by atoms with Crippen molar-refractivity contribution in [1.82, 2.24) is 25.1 Å². The minimum Gasteiger partial charge on any atom is -0.464 e. The number of carbonyl (C=O) groups excluding carboxylic acids is 2. The topological polar surface area (TPSA) is 103 Å². The van der Waals surface area contributed by atoms with E-state index in [4.69, 9.17) is 9.40 Å². The van der Waals surface area contributed by atoms with Gasteiger partial charge >= 0.3 is 0 Å². The van der Waals surface area contributed by atoms with Gasteiger partial charge in [0.15, 0.2) is 0 Å². The predicted octanol–water partition coefficient (Wildman–Crippen LogP) is 4.31. The third kappa shape index (κ3) is 3.89. The lowest BCUT2D eigenvalue weighted by atomic mass is 9.90. The number of hydrogen-bond donors (Lipinski definition) is 1. The van der Waals surface area contributed by atoms with E-state index in [2.05, 4.69) is 15.4 Å². The Labute approximate surface area is 196 Å². The van der Waals surface area contributed by atoms with Gasteiger partial charge in [0.1, 0.15) is 18.0 Å². The molecule has 1 N–H and O–H groups in total. The summed E-state index contributed by atoms with van der Waals surface area (Å²) in [7, 11) is 0. The number of imide groups is 1. The highest BCUT2D eigenvalue weighted by atomic mass is 16.3. The fourth-order valence-electron chi connectivity index (χ4n) is 5.17. The molecule has 2 aliphatic rings. The predicted molar refractivity (Wildman–Crippen MR) is 125 cm³/mol. The van der Waals surface area contributed by atoms with Crippen LogP contribution in [0.3, 0.4) is 0 Å². The van der Waals surface area contributed by atoms with E-state index < -0.39 is 0 Å². The van der Waals surface area contributed by atoms with E-state index in [1.54, 1.807) is 6.26 Å². The number of carbonyl (C=O) groups is 2. The first-order valence-corrected chi connectivity index (χ1v) is 11.8. The van der Waals surface area contributed by atoms with E-state index in [9.17, 15) is 9.59 Å². The maximum absolute atomic E-state index is 12.3. The smallest absolute Gasteiger partial charge is 0.234 e. The number of amides is 2. The second kappa shape index (κ2) is 8.52. The second-order valence-corrected chi connectivity index (χ2v) is 9.21. The molecule has 4 aromatic rings. The molecule has 172 valence electrons. The summed E-state index contributed by atoms with van der Waals surface area (Å²) in [6, 6.07) is 7.98. The van der Waals surface area contributed by atoms with Gasteiger partial charge in [-0.15, -0.1) is 0 Å². The zero-order chi connectivity index (χ0) is 23.1. The average Bonchev–Trinajstić information content (AvgIpc) is 3.60. The van der Waals surface area contributed by atoms with Crippen LogP contribution < -0.4 is 5.32 Å². The monoisotopic (exact) mass is 455 g/mol. The van der Waals surface area contributed by atoms with Crippen molar-refractivity contribution in [3.8, 4) is 11.1 Å². The van der Waals surface area contributed by atoms with Crippen molar-refractivity contribution >= 4 is 22.8 Å². The number of furan rings is 1. The molecule has 1 aliphatic carbocycles. The molecular formula is C26H25N5O3. The molecule has 0 bridgehead atoms. The Morgan fingerprint density at radius 2 is 1.97 bits per heavy atom. The van der Waals surface area contributed by atoms with Gasteiger partial charge in [0.25, 0.3) is 0 Å². The van der Waals surface area contributed by atoms with E-state index in [0.717, 1.165) is 33.6 Å². The molecule has 1 aromatic carbocycles. The van der Waals surface area contributed by atoms with Gasteiger partial charge in [-0.3, -0.25) is 19.6 Å². The second-order valence-electron chi connectivity index (χ2n) is 9.21. The van der Waals surface area contributed by atoms with Crippen molar-refractivity contribution in [3.05, 3.63) is 66.2 Å². The van der Waals surface area contributed by atoms with Crippen LogP contribution >= 0.6 is 0 Å². The summed E-state index contributed by atoms with van der Waals surface area (Å²) in [6.07, 6.45) is 13.1. The molecule has 3 aromatic heterocycles. The molecule has 4 heterocycles. The van der Waals surface area contributed by atoms with Crippen LogP contribution in [0.5, 0.6) is 0 Å². The first-order chi connectivity index (χ1) is 16.6. The molecule has 6 rings (SSSR count). The number of nitrogens with zero attached hydrogens (tertiary/aromatic N) is 4. The molecule has 1 unspecified atom stereocenters. The van der Waals surface area contributed by atoms with Crippen LogP contribution in [-0.2, 0) is 16.1 Å². The summed E-state index contributed by atoms with van der Waals surface area (Å²) in [5.74, 6) is 0.481. The lowest BCUT2D eigenvalue weighted by molar-refractivity contribution is -0.134. The number of nitrogens with one attached hydrogen (secondary N) is 1. The Morgan fingerprint density at radius 1 is 1.09 bits per heavy atom. The first-order valence-electron chi connectivity index (χ1n) is 11.8. The Hall–Kier alpha value is -3.81. The zero-order valence-electron chi connectivity index (χ0n) is 18.7. The van der Waals surface area contributed by atoms with E-state index in [1.807, 2.05) is 47.5 Å². The molecule has 2 amide bonds. The molecule has 34 heavy (non-hydrogen) atoms. The standard InChI is InChI=1S/C26H25N5O3/c32-25-8-7-20(26(33)30-25)21-15-34-23-11-17(5-6-19(21)23)18-12-28-31(13-18)14-24-27-10-9-22(29-24)16-3-1-2-4-16/h5-6,9-13,15-16,20H,1-4,7-8,14H2,(H,30,32,33). The fraction of sp³-hybridized carbons (Fsp3) is 0.346. The van der Waals surface area contributed by atoms with Crippen molar-refractivity contribution in [2.45, 2.75) is 56.9 Å². The number of fused-ring (bicyclic) bond motifs is 1. The first kappa shape index (κ1) is 20.8. The van der Waals surface area contributed by atoms with Crippen molar-refractivity contribution in [2.24, 2.45) is 0 Å². The van der Waals surface area contributed by atoms with Gasteiger partial charge in [-0.05, 0) is 37.0 Å². The van der Waals surface area contributed by atoms with Crippen molar-refractivity contribution < 1.29 is 14.0 Å². The van der Waals surface area contributed by atoms with Gasteiger partial charge < -0.3 is 4.42 Å². The quantitative estimate of drug-likeness (QED) is 0.450. The van der Waals surface area contributed by atoms with Gasteiger partial charge in [0.05, 0.1) is 18.4 Å². The summed E-state index contributed by atoms with van der Waals surface area (Å²) < 4.78 is 7.64. The van der Waals surface area contributed by atoms with E-state index in [1.165, 1.54) is 25.7 Å². The lowest BCUT2D eigenvalue weighted by Crippen LogP contribution is -2.39. The third-order valence-electron chi connectivity index (χ3n) is 6.99. The van der Waals surface area contributed by atoms with Crippen LogP contribution in [0.15, 0.2) is 53.5 Å². The highest BCUT2D eigenvalue weighted by molar-refractivity contribution is 6.02. The summed E-state index contributed by atoms with van der Waals surface area (Å²) in [6.45, 7) is 0.517. The maximum atomic E-state index is 12.3. The average molecular weight is 456 g/mol. The van der Waals surface area contributed by atoms with Crippen LogP contribution in [0.25, 0.3) is 22.1 Å². The fourth-order valence-corrected chi connectivity index (χ4v) is 5.17. The summed E-state index contributed by atoms with van der Waals surface area (Å²) in [5.41, 5.74) is 4.61. The maximum Gasteiger partial charge on any atom is 0.234 e. The zero-order valence-corrected chi connectivity index (χ0v) is 18.7. The Morgan fingerprint density at radius 3 is 2.82 bits per heavy atom. The Bertz CT molecular complexity index is 1380. The number of hydrogen-bond acceptors (Lipinski definition) is 6. The molecule has 1 aliphatic heterocycles. The van der Waals surface area contributed by atoms with E-state index in [0.29, 0.717) is 30.9 Å². The van der Waals surface area contributed by atoms with E-state index >= 15 is 0 Å². The molecule has 1 saturated heterocycles. The Kier molecular flexibility index (Phi) is 5.20. The van der Waals surface area contributed by atoms with Crippen molar-refractivity contribution in [3.63, 3.8) is 0 Å². The molecule has 8 nitrogen and oxygen atoms in total. The summed E-state index contributed by atoms with van der Waals surface area (Å²) in [5, 5.41) is 7.82. The minimum absolute atomic E-state index is 0.219. The minimum atomic E-state index is -0.368. The van der Waals surface area contributed by atoms with Crippen LogP contribution in [0.2, 0.25) is 0 Å². The molecule has 2 fully saturated rings. The SMILES string of the molecule is O=C1CCC(c2coc3cc(-c4cnn(Cc5nccc(C6CCCC6)n5)c4)ccc23)C(=O)N1. The number of benzene rings is 1. The highest BCUT2D eigenvalue weighted by Gasteiger charge is 2.30. The van der Waals surface area contributed by atoms with E-state index in [-0.39, 0.29) is 17.7 Å². The molecular weight excluding hydrogens is 430 g/mol. The van der Waals surface area contributed by atoms with Crippen LogP contribution in [0.4, 0.5) is 0 Å². The molecule has 1 saturated carbocycles. The normalized spacial score (nSPS) is 19.1. The van der Waals surface area contributed by atoms with Gasteiger partial charge in [-0.25, -0.2) is 9.97 Å². The molecule has 1 atom stereocenters. The highest BCUT2D eigenvalue weighted by Crippen LogP contribution is 2.35. The van der Waals surface area contributed by atoms with Crippen LogP contribution in [-0.4, -0.2) is 31.6 Å². The van der Waals surface area contributed by atoms with Gasteiger partial charge in [-0.1, -0.05) is 25.0 Å². The van der Waals surface area contributed by atoms with Crippen molar-refractivity contribution in [2.75, 3.05) is 0 Å². The van der Waals surface area contributed by atoms with Crippen molar-refractivity contribution in [1.29, 1.82) is 0 Å². The van der Waals surface area contributed by atoms with Crippen LogP contribution in [0.1, 0.15) is 67.4 Å². The van der Waals surface area contributed by atoms with Gasteiger partial charge in [0.2, 0.25) is 11.8 Å². The largest absolute Gasteiger partial charge is 0.464 e. The summed E-state index contributed by atoms with van der Waals surface area (Å²) >= 11 is 0. The third-order valence-corrected chi connectivity index (χ3v) is 6.99. The number of rotatable bonds is 5. The summed E-state index contributed by atoms with van der Waals surface area (Å²) in [4.78, 5) is 33.0. The lowest BCUT2D eigenvalue weighted by Gasteiger charge is -2.19. The molecule has 0 radical (unpaired) electrons. The van der Waals surface area contributed by atoms with Crippen LogP contribution in [0, 0.1) is 0 Å². The number of aromatic nitrogens is 4. The van der Waals surface area contributed by atoms with Gasteiger partial charge in [0, 0.05) is 46.9 Å². The van der Waals surface area contributed by atoms with Gasteiger partial charge in [-0.2, -0.15) is 5.10 Å². The Balaban J connectivity index is 1.21. The molecule has 8 heteroatoms. The molecule has 0 spiro atoms.